The molecular weight excluding hydrogens is 350 g/mol. The Kier molecular flexibility index (Phi) is 8.05. The minimum absolute atomic E-state index is 0.257. The predicted octanol–water partition coefficient (Wildman–Crippen LogP) is 5.36. The molecule has 1 aromatic heterocycles. The quantitative estimate of drug-likeness (QED) is 0.662. The molecule has 0 saturated heterocycles. The highest BCUT2D eigenvalue weighted by Gasteiger charge is 2.33. The molecule has 4 rings (SSSR count). The van der Waals surface area contributed by atoms with E-state index in [1.807, 2.05) is 75.1 Å². The monoisotopic (exact) mass is 381 g/mol. The van der Waals surface area contributed by atoms with E-state index in [9.17, 15) is 4.79 Å². The average molecular weight is 382 g/mol. The fraction of sp³-hybridized carbons (Fsp3) is 0.391. The van der Waals surface area contributed by atoms with Gasteiger partial charge in [-0.2, -0.15) is 5.10 Å². The first-order valence-electron chi connectivity index (χ1n) is 9.99. The molecule has 150 valence electrons. The summed E-state index contributed by atoms with van der Waals surface area (Å²) in [6, 6.07) is 15.7. The lowest BCUT2D eigenvalue weighted by atomic mass is 10.2. The molecule has 1 amide bonds. The summed E-state index contributed by atoms with van der Waals surface area (Å²) in [5.74, 6) is 1.34. The van der Waals surface area contributed by atoms with Gasteiger partial charge in [0.15, 0.2) is 0 Å². The number of nitrogens with zero attached hydrogens (tertiary/aromatic N) is 2. The van der Waals surface area contributed by atoms with Gasteiger partial charge in [-0.1, -0.05) is 32.0 Å². The maximum absolute atomic E-state index is 12.0. The Balaban J connectivity index is 0.000000200. The molecule has 1 aliphatic rings. The van der Waals surface area contributed by atoms with Crippen molar-refractivity contribution in [1.82, 2.24) is 10.2 Å². The zero-order valence-corrected chi connectivity index (χ0v) is 17.5. The number of amides is 1. The van der Waals surface area contributed by atoms with E-state index < -0.39 is 0 Å². The summed E-state index contributed by atoms with van der Waals surface area (Å²) in [5, 5.41) is 8.23. The summed E-state index contributed by atoms with van der Waals surface area (Å²) in [6.07, 6.45) is 2.09. The van der Waals surface area contributed by atoms with E-state index in [4.69, 9.17) is 4.74 Å². The first-order chi connectivity index (χ1) is 13.6. The third kappa shape index (κ3) is 5.35. The van der Waals surface area contributed by atoms with Crippen molar-refractivity contribution in [3.05, 3.63) is 54.2 Å². The second-order valence-corrected chi connectivity index (χ2v) is 6.42. The van der Waals surface area contributed by atoms with Crippen LogP contribution in [0.4, 0.5) is 5.69 Å². The fourth-order valence-electron chi connectivity index (χ4n) is 2.87. The first kappa shape index (κ1) is 21.5. The number of rotatable bonds is 4. The lowest BCUT2D eigenvalue weighted by Gasteiger charge is -2.21. The summed E-state index contributed by atoms with van der Waals surface area (Å²) in [5.41, 5.74) is 3.14. The van der Waals surface area contributed by atoms with Gasteiger partial charge in [0.2, 0.25) is 5.91 Å². The first-order valence-corrected chi connectivity index (χ1v) is 9.99. The van der Waals surface area contributed by atoms with Gasteiger partial charge in [-0.3, -0.25) is 9.89 Å². The van der Waals surface area contributed by atoms with Crippen LogP contribution in [0.2, 0.25) is 0 Å². The fourth-order valence-corrected chi connectivity index (χ4v) is 2.87. The number of benzene rings is 2. The predicted molar refractivity (Wildman–Crippen MR) is 116 cm³/mol. The number of nitrogens with one attached hydrogen (secondary N) is 1. The van der Waals surface area contributed by atoms with E-state index in [0.717, 1.165) is 42.0 Å². The highest BCUT2D eigenvalue weighted by molar-refractivity contribution is 5.96. The van der Waals surface area contributed by atoms with Gasteiger partial charge in [0.05, 0.1) is 12.6 Å². The van der Waals surface area contributed by atoms with Crippen molar-refractivity contribution in [2.75, 3.05) is 18.6 Å². The molecule has 1 heterocycles. The molecule has 5 nitrogen and oxygen atoms in total. The number of H-pyrrole nitrogens is 1. The van der Waals surface area contributed by atoms with E-state index in [1.165, 1.54) is 5.39 Å². The van der Waals surface area contributed by atoms with Crippen molar-refractivity contribution >= 4 is 22.5 Å². The molecule has 0 aliphatic heterocycles. The minimum atomic E-state index is 0.257. The third-order valence-corrected chi connectivity index (χ3v) is 4.55. The van der Waals surface area contributed by atoms with E-state index in [0.29, 0.717) is 0 Å². The van der Waals surface area contributed by atoms with Gasteiger partial charge in [0, 0.05) is 29.2 Å². The molecule has 5 heteroatoms. The van der Waals surface area contributed by atoms with Gasteiger partial charge in [-0.15, -0.1) is 0 Å². The van der Waals surface area contributed by atoms with Gasteiger partial charge >= 0.3 is 0 Å². The van der Waals surface area contributed by atoms with E-state index >= 15 is 0 Å². The Morgan fingerprint density at radius 3 is 2.32 bits per heavy atom. The number of methoxy groups -OCH3 is 1. The Morgan fingerprint density at radius 1 is 1.14 bits per heavy atom. The van der Waals surface area contributed by atoms with Gasteiger partial charge in [-0.25, -0.2) is 0 Å². The van der Waals surface area contributed by atoms with Crippen LogP contribution in [-0.4, -0.2) is 29.8 Å². The summed E-state index contributed by atoms with van der Waals surface area (Å²) >= 11 is 0. The number of carbonyl (C=O) groups excluding carboxylic acids is 1. The average Bonchev–Trinajstić information content (AvgIpc) is 3.55. The molecule has 1 fully saturated rings. The van der Waals surface area contributed by atoms with Crippen molar-refractivity contribution in [2.45, 2.75) is 40.5 Å². The number of para-hydroxylation sites is 1. The number of anilines is 1. The van der Waals surface area contributed by atoms with Crippen molar-refractivity contribution in [1.29, 1.82) is 0 Å². The molecule has 3 aromatic rings. The van der Waals surface area contributed by atoms with Crippen molar-refractivity contribution in [2.24, 2.45) is 5.92 Å². The SMILES string of the molecule is CC.CCN(C(=O)C1CC1)c1ccc(OC)cc1.Cc1[nH]nc2ccccc12. The normalized spacial score (nSPS) is 12.3. The number of carbonyl (C=O) groups is 1. The highest BCUT2D eigenvalue weighted by atomic mass is 16.5. The molecule has 0 bridgehead atoms. The van der Waals surface area contributed by atoms with Crippen LogP contribution < -0.4 is 9.64 Å². The Bertz CT molecular complexity index is 867. The third-order valence-electron chi connectivity index (χ3n) is 4.55. The molecule has 1 saturated carbocycles. The number of aromatic amines is 1. The Morgan fingerprint density at radius 2 is 1.79 bits per heavy atom. The van der Waals surface area contributed by atoms with Crippen LogP contribution in [0.25, 0.3) is 10.9 Å². The lowest BCUT2D eigenvalue weighted by molar-refractivity contribution is -0.119. The maximum Gasteiger partial charge on any atom is 0.230 e. The lowest BCUT2D eigenvalue weighted by Crippen LogP contribution is -2.31. The van der Waals surface area contributed by atoms with Crippen LogP contribution in [0.5, 0.6) is 5.75 Å². The molecule has 0 unspecified atom stereocenters. The number of hydrogen-bond acceptors (Lipinski definition) is 3. The molecule has 0 spiro atoms. The number of aromatic nitrogens is 2. The summed E-state index contributed by atoms with van der Waals surface area (Å²) < 4.78 is 5.10. The van der Waals surface area contributed by atoms with Crippen LogP contribution in [-0.2, 0) is 4.79 Å². The molecule has 1 aliphatic carbocycles. The van der Waals surface area contributed by atoms with Crippen LogP contribution in [0.15, 0.2) is 48.5 Å². The smallest absolute Gasteiger partial charge is 0.230 e. The van der Waals surface area contributed by atoms with Gasteiger partial charge in [0.1, 0.15) is 5.75 Å². The zero-order chi connectivity index (χ0) is 20.5. The summed E-state index contributed by atoms with van der Waals surface area (Å²) in [6.45, 7) is 8.75. The van der Waals surface area contributed by atoms with Gasteiger partial charge < -0.3 is 9.64 Å². The molecule has 28 heavy (non-hydrogen) atoms. The van der Waals surface area contributed by atoms with Crippen molar-refractivity contribution < 1.29 is 9.53 Å². The Labute approximate surface area is 167 Å². The van der Waals surface area contributed by atoms with Crippen LogP contribution in [0.3, 0.4) is 0 Å². The standard InChI is InChI=1S/C13H17NO2.C8H8N2.C2H6/c1-3-14(13(15)10-4-5-10)11-6-8-12(16-2)9-7-11;1-6-7-4-2-3-5-8(7)10-9-6;1-2/h6-10H,3-5H2,1-2H3;2-5H,1H3,(H,9,10);1-2H3. The van der Waals surface area contributed by atoms with Gasteiger partial charge in [0.25, 0.3) is 0 Å². The van der Waals surface area contributed by atoms with Crippen LogP contribution >= 0.6 is 0 Å². The maximum atomic E-state index is 12.0. The number of hydrogen-bond donors (Lipinski definition) is 1. The number of fused-ring (bicyclic) bond motifs is 1. The molecule has 0 radical (unpaired) electrons. The van der Waals surface area contributed by atoms with Crippen LogP contribution in [0, 0.1) is 12.8 Å². The van der Waals surface area contributed by atoms with Crippen molar-refractivity contribution in [3.63, 3.8) is 0 Å². The molecule has 1 N–H and O–H groups in total. The van der Waals surface area contributed by atoms with Gasteiger partial charge in [-0.05, 0) is 57.0 Å². The molecular formula is C23H31N3O2. The molecule has 0 atom stereocenters. The summed E-state index contributed by atoms with van der Waals surface area (Å²) in [4.78, 5) is 13.8. The largest absolute Gasteiger partial charge is 0.497 e. The topological polar surface area (TPSA) is 58.2 Å². The van der Waals surface area contributed by atoms with Crippen molar-refractivity contribution in [3.8, 4) is 5.75 Å². The second-order valence-electron chi connectivity index (χ2n) is 6.42. The highest BCUT2D eigenvalue weighted by Crippen LogP contribution is 2.33. The zero-order valence-electron chi connectivity index (χ0n) is 17.5. The Hall–Kier alpha value is -2.82. The van der Waals surface area contributed by atoms with E-state index in [2.05, 4.69) is 16.3 Å². The summed E-state index contributed by atoms with van der Waals surface area (Å²) in [7, 11) is 1.64. The number of aryl methyl sites for hydroxylation is 1. The molecule has 2 aromatic carbocycles. The van der Waals surface area contributed by atoms with E-state index in [1.54, 1.807) is 7.11 Å². The number of ether oxygens (including phenoxy) is 1. The van der Waals surface area contributed by atoms with E-state index in [-0.39, 0.29) is 11.8 Å². The van der Waals surface area contributed by atoms with Crippen LogP contribution in [0.1, 0.15) is 39.3 Å². The second kappa shape index (κ2) is 10.5. The minimum Gasteiger partial charge on any atom is -0.497 e.